The average molecular weight is 464 g/mol. The molecule has 1 unspecified atom stereocenters. The molecule has 0 bridgehead atoms. The molecule has 5 nitrogen and oxygen atoms in total. The molecule has 1 saturated carbocycles. The van der Waals surface area contributed by atoms with Gasteiger partial charge in [0, 0.05) is 32.7 Å². The van der Waals surface area contributed by atoms with E-state index < -0.39 is 0 Å². The third-order valence-electron chi connectivity index (χ3n) is 5.87. The number of guanidine groups is 1. The maximum atomic E-state index is 6.01. The molecule has 2 heterocycles. The summed E-state index contributed by atoms with van der Waals surface area (Å²) in [4.78, 5) is 9.62. The molecule has 0 aromatic carbocycles. The topological polar surface area (TPSA) is 40.1 Å². The fourth-order valence-corrected chi connectivity index (χ4v) is 4.47. The predicted molar refractivity (Wildman–Crippen MR) is 115 cm³/mol. The lowest BCUT2D eigenvalue weighted by Crippen LogP contribution is -2.45. The third-order valence-corrected chi connectivity index (χ3v) is 5.87. The molecular weight excluding hydrogens is 427 g/mol. The van der Waals surface area contributed by atoms with Crippen molar-refractivity contribution in [1.82, 2.24) is 15.1 Å². The van der Waals surface area contributed by atoms with E-state index in [2.05, 4.69) is 20.1 Å². The highest BCUT2D eigenvalue weighted by Gasteiger charge is 2.29. The van der Waals surface area contributed by atoms with Crippen molar-refractivity contribution >= 4 is 29.9 Å². The molecule has 2 aliphatic heterocycles. The molecule has 3 aliphatic rings. The molecule has 1 atom stereocenters. The number of hydrogen-bond donors (Lipinski definition) is 1. The summed E-state index contributed by atoms with van der Waals surface area (Å²) in [5, 5.41) is 3.51. The van der Waals surface area contributed by atoms with Gasteiger partial charge in [-0.2, -0.15) is 0 Å². The monoisotopic (exact) mass is 464 g/mol. The summed E-state index contributed by atoms with van der Waals surface area (Å²) < 4.78 is 6.01. The van der Waals surface area contributed by atoms with Crippen molar-refractivity contribution in [3.05, 3.63) is 0 Å². The first-order valence-corrected chi connectivity index (χ1v) is 10.2. The molecule has 1 N–H and O–H groups in total. The number of nitrogens with zero attached hydrogens (tertiary/aromatic N) is 3. The summed E-state index contributed by atoms with van der Waals surface area (Å²) in [5.74, 6) is 1.06. The molecular formula is C19H37IN4O. The fourth-order valence-electron chi connectivity index (χ4n) is 4.47. The Bertz CT molecular complexity index is 395. The lowest BCUT2D eigenvalue weighted by molar-refractivity contribution is 0.0316. The van der Waals surface area contributed by atoms with Crippen LogP contribution in [0.4, 0.5) is 0 Å². The molecule has 1 aliphatic carbocycles. The second kappa shape index (κ2) is 11.6. The second-order valence-corrected chi connectivity index (χ2v) is 7.59. The minimum absolute atomic E-state index is 0. The maximum Gasteiger partial charge on any atom is 0.193 e. The van der Waals surface area contributed by atoms with Crippen LogP contribution in [0, 0.1) is 0 Å². The summed E-state index contributed by atoms with van der Waals surface area (Å²) in [5.41, 5.74) is 0. The average Bonchev–Trinajstić information content (AvgIpc) is 3.13. The lowest BCUT2D eigenvalue weighted by Gasteiger charge is -2.32. The summed E-state index contributed by atoms with van der Waals surface area (Å²) in [6.07, 6.45) is 12.5. The minimum Gasteiger partial charge on any atom is -0.376 e. The normalized spacial score (nSPS) is 26.5. The van der Waals surface area contributed by atoms with Crippen LogP contribution in [0.15, 0.2) is 4.99 Å². The predicted octanol–water partition coefficient (Wildman–Crippen LogP) is 3.09. The van der Waals surface area contributed by atoms with Crippen LogP contribution >= 0.6 is 24.0 Å². The Hall–Kier alpha value is -0.0800. The number of halogens is 1. The maximum absolute atomic E-state index is 6.01. The lowest BCUT2D eigenvalue weighted by atomic mass is 9.98. The largest absolute Gasteiger partial charge is 0.376 e. The number of rotatable bonds is 5. The Morgan fingerprint density at radius 1 is 1.00 bits per heavy atom. The van der Waals surface area contributed by atoms with Crippen LogP contribution in [0.25, 0.3) is 0 Å². The first-order valence-electron chi connectivity index (χ1n) is 10.2. The number of piperidine rings is 1. The van der Waals surface area contributed by atoms with Gasteiger partial charge < -0.3 is 15.0 Å². The Balaban J connectivity index is 0.00000225. The summed E-state index contributed by atoms with van der Waals surface area (Å²) in [7, 11) is 1.90. The molecule has 6 heteroatoms. The van der Waals surface area contributed by atoms with E-state index in [9.17, 15) is 0 Å². The number of likely N-dealkylation sites (tertiary alicyclic amines) is 2. The van der Waals surface area contributed by atoms with Crippen LogP contribution in [-0.4, -0.2) is 74.3 Å². The molecule has 0 aromatic rings. The zero-order valence-electron chi connectivity index (χ0n) is 15.9. The van der Waals surface area contributed by atoms with E-state index in [-0.39, 0.29) is 24.0 Å². The Labute approximate surface area is 171 Å². The van der Waals surface area contributed by atoms with Crippen molar-refractivity contribution in [2.24, 2.45) is 4.99 Å². The molecule has 0 radical (unpaired) electrons. The Morgan fingerprint density at radius 2 is 1.72 bits per heavy atom. The van der Waals surface area contributed by atoms with Gasteiger partial charge in [0.2, 0.25) is 0 Å². The van der Waals surface area contributed by atoms with Crippen molar-refractivity contribution in [1.29, 1.82) is 0 Å². The van der Waals surface area contributed by atoms with Crippen LogP contribution in [0.3, 0.4) is 0 Å². The van der Waals surface area contributed by atoms with E-state index in [4.69, 9.17) is 4.74 Å². The van der Waals surface area contributed by atoms with Gasteiger partial charge in [0.1, 0.15) is 0 Å². The van der Waals surface area contributed by atoms with Gasteiger partial charge in [0.05, 0.1) is 12.7 Å². The van der Waals surface area contributed by atoms with Crippen molar-refractivity contribution in [2.75, 3.05) is 46.4 Å². The first kappa shape index (κ1) is 21.2. The van der Waals surface area contributed by atoms with Crippen LogP contribution < -0.4 is 5.32 Å². The van der Waals surface area contributed by atoms with Gasteiger partial charge in [0.25, 0.3) is 0 Å². The van der Waals surface area contributed by atoms with Gasteiger partial charge in [-0.1, -0.05) is 25.7 Å². The van der Waals surface area contributed by atoms with Crippen LogP contribution in [0.5, 0.6) is 0 Å². The molecule has 3 fully saturated rings. The fraction of sp³-hybridized carbons (Fsp3) is 0.947. The Morgan fingerprint density at radius 3 is 2.44 bits per heavy atom. The van der Waals surface area contributed by atoms with E-state index in [1.54, 1.807) is 0 Å². The number of hydrogen-bond acceptors (Lipinski definition) is 3. The first-order chi connectivity index (χ1) is 11.9. The Kier molecular flexibility index (Phi) is 9.84. The highest BCUT2D eigenvalue weighted by molar-refractivity contribution is 14.0. The molecule has 0 amide bonds. The van der Waals surface area contributed by atoms with E-state index >= 15 is 0 Å². The molecule has 3 rings (SSSR count). The second-order valence-electron chi connectivity index (χ2n) is 7.59. The highest BCUT2D eigenvalue weighted by Crippen LogP contribution is 2.21. The number of aliphatic imine (C=N–C) groups is 1. The molecule has 0 aromatic heterocycles. The zero-order valence-corrected chi connectivity index (χ0v) is 18.2. The van der Waals surface area contributed by atoms with E-state index in [1.807, 2.05) is 7.05 Å². The summed E-state index contributed by atoms with van der Waals surface area (Å²) in [6, 6.07) is 0.724. The van der Waals surface area contributed by atoms with Gasteiger partial charge in [-0.3, -0.25) is 9.89 Å². The van der Waals surface area contributed by atoms with Gasteiger partial charge >= 0.3 is 0 Å². The standard InChI is InChI=1S/C19H36N4O.HI/c1-20-19(21-11-15-24-18-8-4-2-5-9-18)23-14-10-17(16-23)22-12-6-3-7-13-22;/h17-18H,2-16H2,1H3,(H,20,21);1H. The third kappa shape index (κ3) is 6.54. The summed E-state index contributed by atoms with van der Waals surface area (Å²) >= 11 is 0. The van der Waals surface area contributed by atoms with E-state index in [0.717, 1.165) is 38.2 Å². The van der Waals surface area contributed by atoms with E-state index in [1.165, 1.54) is 70.9 Å². The molecule has 2 saturated heterocycles. The van der Waals surface area contributed by atoms with Crippen molar-refractivity contribution in [2.45, 2.75) is 69.9 Å². The van der Waals surface area contributed by atoms with Gasteiger partial charge in [0.15, 0.2) is 5.96 Å². The van der Waals surface area contributed by atoms with Crippen LogP contribution in [0.2, 0.25) is 0 Å². The molecule has 25 heavy (non-hydrogen) atoms. The van der Waals surface area contributed by atoms with Gasteiger partial charge in [-0.15, -0.1) is 24.0 Å². The van der Waals surface area contributed by atoms with E-state index in [0.29, 0.717) is 6.10 Å². The van der Waals surface area contributed by atoms with Crippen LogP contribution in [0.1, 0.15) is 57.8 Å². The minimum atomic E-state index is 0. The van der Waals surface area contributed by atoms with Crippen molar-refractivity contribution in [3.8, 4) is 0 Å². The smallest absolute Gasteiger partial charge is 0.193 e. The van der Waals surface area contributed by atoms with Crippen molar-refractivity contribution in [3.63, 3.8) is 0 Å². The summed E-state index contributed by atoms with van der Waals surface area (Å²) in [6.45, 7) is 6.51. The van der Waals surface area contributed by atoms with Crippen molar-refractivity contribution < 1.29 is 4.74 Å². The van der Waals surface area contributed by atoms with Crippen LogP contribution in [-0.2, 0) is 4.74 Å². The number of ether oxygens (including phenoxy) is 1. The SMILES string of the molecule is CN=C(NCCOC1CCCCC1)N1CCC(N2CCCCC2)C1.I. The quantitative estimate of drug-likeness (QED) is 0.294. The highest BCUT2D eigenvalue weighted by atomic mass is 127. The molecule has 0 spiro atoms. The molecule has 146 valence electrons. The zero-order chi connectivity index (χ0) is 16.6. The number of nitrogens with one attached hydrogen (secondary N) is 1. The van der Waals surface area contributed by atoms with Gasteiger partial charge in [-0.25, -0.2) is 0 Å². The van der Waals surface area contributed by atoms with Gasteiger partial charge in [-0.05, 0) is 45.2 Å².